The first-order valence-electron chi connectivity index (χ1n) is 10.9. The Morgan fingerprint density at radius 1 is 1.03 bits per heavy atom. The van der Waals surface area contributed by atoms with E-state index in [0.717, 1.165) is 44.0 Å². The van der Waals surface area contributed by atoms with Crippen LogP contribution in [0, 0.1) is 0 Å². The molecule has 2 aromatic carbocycles. The van der Waals surface area contributed by atoms with Crippen LogP contribution in [-0.4, -0.2) is 68.0 Å². The van der Waals surface area contributed by atoms with Crippen LogP contribution in [0.2, 0.25) is 0 Å². The van der Waals surface area contributed by atoms with Crippen molar-refractivity contribution in [3.05, 3.63) is 59.7 Å². The van der Waals surface area contributed by atoms with Crippen molar-refractivity contribution in [3.8, 4) is 5.75 Å². The van der Waals surface area contributed by atoms with Crippen LogP contribution in [0.1, 0.15) is 17.5 Å². The predicted molar refractivity (Wildman–Crippen MR) is 120 cm³/mol. The van der Waals surface area contributed by atoms with Gasteiger partial charge in [0.05, 0.1) is 5.69 Å². The molecule has 164 valence electrons. The second kappa shape index (κ2) is 9.94. The lowest BCUT2D eigenvalue weighted by Gasteiger charge is -2.32. The van der Waals surface area contributed by atoms with Gasteiger partial charge in [0.1, 0.15) is 5.75 Å². The van der Waals surface area contributed by atoms with Crippen LogP contribution in [0.15, 0.2) is 48.5 Å². The minimum absolute atomic E-state index is 0.0126. The van der Waals surface area contributed by atoms with Gasteiger partial charge in [-0.3, -0.25) is 14.5 Å². The number of fused-ring (bicyclic) bond motifs is 1. The van der Waals surface area contributed by atoms with Crippen LogP contribution >= 0.6 is 0 Å². The van der Waals surface area contributed by atoms with E-state index in [-0.39, 0.29) is 24.8 Å². The minimum atomic E-state index is -0.122. The first-order valence-corrected chi connectivity index (χ1v) is 10.9. The molecule has 4 rings (SSSR count). The number of amides is 2. The SMILES string of the molecule is CN1CCN(Cc2cccc(CNC(=O)CCN3C(=O)COc4ccccc43)c2)CC1. The fourth-order valence-electron chi connectivity index (χ4n) is 4.00. The standard InChI is InChI=1S/C24H30N4O3/c1-26-11-13-27(14-12-26)17-20-6-4-5-19(15-20)16-25-23(29)9-10-28-21-7-2-3-8-22(21)31-18-24(28)30/h2-8,15H,9-14,16-18H2,1H3,(H,25,29). The molecule has 2 amide bonds. The van der Waals surface area contributed by atoms with Crippen molar-refractivity contribution >= 4 is 17.5 Å². The first kappa shape index (κ1) is 21.3. The van der Waals surface area contributed by atoms with Crippen molar-refractivity contribution in [3.63, 3.8) is 0 Å². The van der Waals surface area contributed by atoms with Crippen LogP contribution < -0.4 is 15.0 Å². The van der Waals surface area contributed by atoms with Crippen molar-refractivity contribution in [2.45, 2.75) is 19.5 Å². The van der Waals surface area contributed by atoms with E-state index in [9.17, 15) is 9.59 Å². The lowest BCUT2D eigenvalue weighted by Crippen LogP contribution is -2.43. The number of likely N-dealkylation sites (N-methyl/N-ethyl adjacent to an activating group) is 1. The summed E-state index contributed by atoms with van der Waals surface area (Å²) in [6, 6.07) is 15.8. The van der Waals surface area contributed by atoms with Crippen molar-refractivity contribution in [1.29, 1.82) is 0 Å². The number of ether oxygens (including phenoxy) is 1. The number of nitrogens with one attached hydrogen (secondary N) is 1. The van der Waals surface area contributed by atoms with E-state index < -0.39 is 0 Å². The Morgan fingerprint density at radius 2 is 1.81 bits per heavy atom. The molecule has 1 saturated heterocycles. The summed E-state index contributed by atoms with van der Waals surface area (Å²) in [7, 11) is 2.16. The monoisotopic (exact) mass is 422 g/mol. The molecular formula is C24H30N4O3. The average Bonchev–Trinajstić information content (AvgIpc) is 2.79. The van der Waals surface area contributed by atoms with Gasteiger partial charge in [0, 0.05) is 52.2 Å². The summed E-state index contributed by atoms with van der Waals surface area (Å²) in [5.74, 6) is 0.490. The van der Waals surface area contributed by atoms with Crippen LogP contribution in [0.5, 0.6) is 5.75 Å². The third kappa shape index (κ3) is 5.62. The Hall–Kier alpha value is -2.90. The maximum atomic E-state index is 12.4. The van der Waals surface area contributed by atoms with E-state index in [1.807, 2.05) is 30.3 Å². The maximum absolute atomic E-state index is 12.4. The second-order valence-electron chi connectivity index (χ2n) is 8.23. The highest BCUT2D eigenvalue weighted by Gasteiger charge is 2.25. The molecule has 0 unspecified atom stereocenters. The molecule has 0 spiro atoms. The summed E-state index contributed by atoms with van der Waals surface area (Å²) < 4.78 is 5.45. The molecule has 0 saturated carbocycles. The third-order valence-electron chi connectivity index (χ3n) is 5.85. The molecule has 0 bridgehead atoms. The van der Waals surface area contributed by atoms with Gasteiger partial charge in [-0.05, 0) is 30.3 Å². The fraction of sp³-hybridized carbons (Fsp3) is 0.417. The average molecular weight is 423 g/mol. The molecule has 2 heterocycles. The number of benzene rings is 2. The van der Waals surface area contributed by atoms with Gasteiger partial charge in [0.2, 0.25) is 5.91 Å². The normalized spacial score (nSPS) is 17.2. The zero-order valence-corrected chi connectivity index (χ0v) is 18.0. The predicted octanol–water partition coefficient (Wildman–Crippen LogP) is 1.87. The molecular weight excluding hydrogens is 392 g/mol. The van der Waals surface area contributed by atoms with Gasteiger partial charge in [-0.25, -0.2) is 0 Å². The summed E-state index contributed by atoms with van der Waals surface area (Å²) >= 11 is 0. The van der Waals surface area contributed by atoms with Gasteiger partial charge in [-0.2, -0.15) is 0 Å². The van der Waals surface area contributed by atoms with E-state index in [0.29, 0.717) is 18.8 Å². The minimum Gasteiger partial charge on any atom is -0.482 e. The largest absolute Gasteiger partial charge is 0.482 e. The number of rotatable bonds is 7. The van der Waals surface area contributed by atoms with Crippen LogP contribution in [0.4, 0.5) is 5.69 Å². The lowest BCUT2D eigenvalue weighted by molar-refractivity contribution is -0.122. The van der Waals surface area contributed by atoms with E-state index in [4.69, 9.17) is 4.74 Å². The van der Waals surface area contributed by atoms with Crippen molar-refractivity contribution in [2.24, 2.45) is 0 Å². The molecule has 0 radical (unpaired) electrons. The van der Waals surface area contributed by atoms with Crippen LogP contribution in [-0.2, 0) is 22.7 Å². The number of anilines is 1. The molecule has 1 N–H and O–H groups in total. The number of para-hydroxylation sites is 2. The molecule has 0 aromatic heterocycles. The fourth-order valence-corrected chi connectivity index (χ4v) is 4.00. The summed E-state index contributed by atoms with van der Waals surface area (Å²) in [5, 5.41) is 2.99. The molecule has 31 heavy (non-hydrogen) atoms. The van der Waals surface area contributed by atoms with Crippen LogP contribution in [0.3, 0.4) is 0 Å². The van der Waals surface area contributed by atoms with Crippen molar-refractivity contribution in [2.75, 3.05) is 51.3 Å². The van der Waals surface area contributed by atoms with E-state index in [1.165, 1.54) is 5.56 Å². The zero-order chi connectivity index (χ0) is 21.6. The summed E-state index contributed by atoms with van der Waals surface area (Å²) in [6.45, 7) is 6.16. The van der Waals surface area contributed by atoms with Gasteiger partial charge in [-0.15, -0.1) is 0 Å². The molecule has 1 fully saturated rings. The Morgan fingerprint density at radius 3 is 2.65 bits per heavy atom. The Balaban J connectivity index is 1.26. The van der Waals surface area contributed by atoms with Crippen molar-refractivity contribution < 1.29 is 14.3 Å². The van der Waals surface area contributed by atoms with Gasteiger partial charge in [0.15, 0.2) is 6.61 Å². The molecule has 2 aliphatic heterocycles. The summed E-state index contributed by atoms with van der Waals surface area (Å²) in [5.41, 5.74) is 3.09. The van der Waals surface area contributed by atoms with Gasteiger partial charge in [-0.1, -0.05) is 36.4 Å². The van der Waals surface area contributed by atoms with Gasteiger partial charge in [0.25, 0.3) is 5.91 Å². The Bertz CT molecular complexity index is 925. The van der Waals surface area contributed by atoms with Gasteiger partial charge >= 0.3 is 0 Å². The second-order valence-corrected chi connectivity index (χ2v) is 8.23. The molecule has 0 aliphatic carbocycles. The number of carbonyl (C=O) groups is 2. The van der Waals surface area contributed by atoms with E-state index in [1.54, 1.807) is 4.90 Å². The number of hydrogen-bond donors (Lipinski definition) is 1. The maximum Gasteiger partial charge on any atom is 0.265 e. The number of hydrogen-bond acceptors (Lipinski definition) is 5. The molecule has 7 heteroatoms. The third-order valence-corrected chi connectivity index (χ3v) is 5.85. The highest BCUT2D eigenvalue weighted by atomic mass is 16.5. The molecule has 7 nitrogen and oxygen atoms in total. The molecule has 2 aromatic rings. The highest BCUT2D eigenvalue weighted by Crippen LogP contribution is 2.31. The Labute approximate surface area is 183 Å². The quantitative estimate of drug-likeness (QED) is 0.738. The number of piperazine rings is 1. The van der Waals surface area contributed by atoms with Crippen LogP contribution in [0.25, 0.3) is 0 Å². The summed E-state index contributed by atoms with van der Waals surface area (Å²) in [6.07, 6.45) is 0.251. The summed E-state index contributed by atoms with van der Waals surface area (Å²) in [4.78, 5) is 31.1. The zero-order valence-electron chi connectivity index (χ0n) is 18.0. The van der Waals surface area contributed by atoms with E-state index >= 15 is 0 Å². The highest BCUT2D eigenvalue weighted by molar-refractivity contribution is 5.98. The topological polar surface area (TPSA) is 65.1 Å². The Kier molecular flexibility index (Phi) is 6.84. The lowest BCUT2D eigenvalue weighted by atomic mass is 10.1. The van der Waals surface area contributed by atoms with E-state index in [2.05, 4.69) is 40.4 Å². The molecule has 0 atom stereocenters. The van der Waals surface area contributed by atoms with Gasteiger partial charge < -0.3 is 19.9 Å². The first-order chi connectivity index (χ1) is 15.1. The molecule has 2 aliphatic rings. The van der Waals surface area contributed by atoms with Crippen molar-refractivity contribution in [1.82, 2.24) is 15.1 Å². The number of carbonyl (C=O) groups excluding carboxylic acids is 2. The number of nitrogens with zero attached hydrogens (tertiary/aromatic N) is 3. The smallest absolute Gasteiger partial charge is 0.265 e.